The first-order valence-corrected chi connectivity index (χ1v) is 11.4. The van der Waals surface area contributed by atoms with Crippen molar-refractivity contribution >= 4 is 5.91 Å². The maximum absolute atomic E-state index is 12.8. The van der Waals surface area contributed by atoms with Crippen molar-refractivity contribution in [3.8, 4) is 0 Å². The summed E-state index contributed by atoms with van der Waals surface area (Å²) in [5.74, 6) is 6.11. The van der Waals surface area contributed by atoms with Crippen molar-refractivity contribution in [1.29, 1.82) is 0 Å². The van der Waals surface area contributed by atoms with E-state index >= 15 is 0 Å². The van der Waals surface area contributed by atoms with Crippen LogP contribution in [0.15, 0.2) is 24.3 Å². The molecular weight excluding hydrogens is 362 g/mol. The molecule has 1 aromatic rings. The maximum atomic E-state index is 12.8. The summed E-state index contributed by atoms with van der Waals surface area (Å²) in [6, 6.07) is 9.04. The van der Waals surface area contributed by atoms with Gasteiger partial charge in [0.05, 0.1) is 0 Å². The average Bonchev–Trinajstić information content (AvgIpc) is 3.29. The predicted octanol–water partition coefficient (Wildman–Crippen LogP) is 2.16. The Morgan fingerprint density at radius 1 is 1.03 bits per heavy atom. The molecule has 3 aliphatic rings. The molecule has 0 spiro atoms. The molecule has 0 bridgehead atoms. The number of piperazine rings is 1. The van der Waals surface area contributed by atoms with Crippen molar-refractivity contribution in [3.05, 3.63) is 35.4 Å². The number of piperidine rings is 1. The zero-order chi connectivity index (χ0) is 20.2. The second-order valence-electron chi connectivity index (χ2n) is 9.20. The van der Waals surface area contributed by atoms with Gasteiger partial charge in [-0.25, -0.2) is 5.84 Å². The Hall–Kier alpha value is -1.47. The predicted molar refractivity (Wildman–Crippen MR) is 116 cm³/mol. The minimum absolute atomic E-state index is 0.0347. The Balaban J connectivity index is 1.29. The Morgan fingerprint density at radius 2 is 1.72 bits per heavy atom. The minimum atomic E-state index is -0.0347. The number of hydrogen-bond donors (Lipinski definition) is 1. The van der Waals surface area contributed by atoms with Crippen LogP contribution in [0, 0.1) is 0 Å². The Bertz CT molecular complexity index is 674. The lowest BCUT2D eigenvalue weighted by atomic mass is 10.0. The maximum Gasteiger partial charge on any atom is 0.268 e. The van der Waals surface area contributed by atoms with Crippen LogP contribution in [0.4, 0.5) is 0 Å². The third-order valence-corrected chi connectivity index (χ3v) is 7.14. The van der Waals surface area contributed by atoms with Gasteiger partial charge in [0.25, 0.3) is 5.91 Å². The highest BCUT2D eigenvalue weighted by Gasteiger charge is 2.27. The first kappa shape index (κ1) is 20.8. The number of carbonyl (C=O) groups is 1. The highest BCUT2D eigenvalue weighted by molar-refractivity contribution is 5.94. The summed E-state index contributed by atoms with van der Waals surface area (Å²) < 4.78 is 0. The third kappa shape index (κ3) is 5.18. The summed E-state index contributed by atoms with van der Waals surface area (Å²) in [5.41, 5.74) is 1.94. The van der Waals surface area contributed by atoms with Gasteiger partial charge < -0.3 is 4.90 Å². The number of hydrogen-bond acceptors (Lipinski definition) is 5. The van der Waals surface area contributed by atoms with E-state index in [1.807, 2.05) is 18.2 Å². The van der Waals surface area contributed by atoms with E-state index in [2.05, 4.69) is 27.8 Å². The van der Waals surface area contributed by atoms with E-state index in [1.165, 1.54) is 62.4 Å². The molecule has 1 saturated carbocycles. The standard InChI is InChI=1S/C23H37N5O/c1-25-13-15-27(16-14-25)21-9-11-26(12-10-21)18-19-5-4-6-20(17-19)23(29)28(24)22-7-2-3-8-22/h4-6,17,21-22H,2-3,7-16,18,24H2,1H3. The molecule has 160 valence electrons. The fourth-order valence-corrected chi connectivity index (χ4v) is 5.19. The topological polar surface area (TPSA) is 56.0 Å². The molecule has 6 nitrogen and oxygen atoms in total. The minimum Gasteiger partial charge on any atom is -0.304 e. The van der Waals surface area contributed by atoms with E-state index in [0.29, 0.717) is 0 Å². The first-order chi connectivity index (χ1) is 14.1. The molecule has 0 aromatic heterocycles. The normalized spacial score (nSPS) is 23.5. The molecule has 2 N–H and O–H groups in total. The molecular formula is C23H37N5O. The fourth-order valence-electron chi connectivity index (χ4n) is 5.19. The van der Waals surface area contributed by atoms with E-state index in [-0.39, 0.29) is 11.9 Å². The smallest absolute Gasteiger partial charge is 0.268 e. The van der Waals surface area contributed by atoms with Crippen LogP contribution in [0.5, 0.6) is 0 Å². The third-order valence-electron chi connectivity index (χ3n) is 7.14. The Morgan fingerprint density at radius 3 is 2.41 bits per heavy atom. The molecule has 2 heterocycles. The van der Waals surface area contributed by atoms with E-state index in [1.54, 1.807) is 0 Å². The van der Waals surface area contributed by atoms with Gasteiger partial charge in [0.2, 0.25) is 0 Å². The summed E-state index contributed by atoms with van der Waals surface area (Å²) in [7, 11) is 2.22. The number of benzene rings is 1. The molecule has 0 atom stereocenters. The zero-order valence-corrected chi connectivity index (χ0v) is 17.9. The van der Waals surface area contributed by atoms with Gasteiger partial charge in [-0.1, -0.05) is 25.0 Å². The van der Waals surface area contributed by atoms with Crippen molar-refractivity contribution in [3.63, 3.8) is 0 Å². The van der Waals surface area contributed by atoms with Gasteiger partial charge in [0.1, 0.15) is 0 Å². The zero-order valence-electron chi connectivity index (χ0n) is 17.9. The number of likely N-dealkylation sites (N-methyl/N-ethyl adjacent to an activating group) is 1. The number of nitrogens with zero attached hydrogens (tertiary/aromatic N) is 4. The van der Waals surface area contributed by atoms with Gasteiger partial charge in [-0.05, 0) is 63.5 Å². The molecule has 1 aliphatic carbocycles. The summed E-state index contributed by atoms with van der Waals surface area (Å²) >= 11 is 0. The molecule has 3 fully saturated rings. The van der Waals surface area contributed by atoms with Crippen LogP contribution in [-0.2, 0) is 6.54 Å². The largest absolute Gasteiger partial charge is 0.304 e. The average molecular weight is 400 g/mol. The molecule has 2 aliphatic heterocycles. The summed E-state index contributed by atoms with van der Waals surface area (Å²) in [6.07, 6.45) is 6.92. The molecule has 0 unspecified atom stereocenters. The number of rotatable bonds is 5. The summed E-state index contributed by atoms with van der Waals surface area (Å²) in [4.78, 5) is 20.4. The van der Waals surface area contributed by atoms with Gasteiger partial charge >= 0.3 is 0 Å². The molecule has 0 radical (unpaired) electrons. The number of amides is 1. The Labute approximate surface area is 175 Å². The first-order valence-electron chi connectivity index (χ1n) is 11.4. The van der Waals surface area contributed by atoms with Crippen LogP contribution in [0.2, 0.25) is 0 Å². The Kier molecular flexibility index (Phi) is 6.85. The number of hydrazine groups is 1. The van der Waals surface area contributed by atoms with Crippen LogP contribution in [0.25, 0.3) is 0 Å². The SMILES string of the molecule is CN1CCN(C2CCN(Cc3cccc(C(=O)N(N)C4CCCC4)c3)CC2)CC1. The lowest BCUT2D eigenvalue weighted by molar-refractivity contribution is 0.0656. The molecule has 2 saturated heterocycles. The highest BCUT2D eigenvalue weighted by atomic mass is 16.2. The van der Waals surface area contributed by atoms with Crippen LogP contribution in [0.3, 0.4) is 0 Å². The molecule has 1 amide bonds. The van der Waals surface area contributed by atoms with Crippen LogP contribution < -0.4 is 5.84 Å². The van der Waals surface area contributed by atoms with Crippen molar-refractivity contribution < 1.29 is 4.79 Å². The summed E-state index contributed by atoms with van der Waals surface area (Å²) in [5, 5.41) is 1.48. The lowest BCUT2D eigenvalue weighted by Gasteiger charge is -2.42. The number of likely N-dealkylation sites (tertiary alicyclic amines) is 1. The molecule has 29 heavy (non-hydrogen) atoms. The van der Waals surface area contributed by atoms with Gasteiger partial charge in [-0.15, -0.1) is 0 Å². The number of carbonyl (C=O) groups excluding carboxylic acids is 1. The van der Waals surface area contributed by atoms with Gasteiger partial charge in [0.15, 0.2) is 0 Å². The molecule has 6 heteroatoms. The summed E-state index contributed by atoms with van der Waals surface area (Å²) in [6.45, 7) is 8.01. The van der Waals surface area contributed by atoms with Gasteiger partial charge in [0, 0.05) is 50.4 Å². The van der Waals surface area contributed by atoms with Crippen molar-refractivity contribution in [2.24, 2.45) is 5.84 Å². The van der Waals surface area contributed by atoms with Crippen molar-refractivity contribution in [1.82, 2.24) is 19.7 Å². The van der Waals surface area contributed by atoms with Crippen molar-refractivity contribution in [2.45, 2.75) is 57.2 Å². The van der Waals surface area contributed by atoms with Gasteiger partial charge in [-0.3, -0.25) is 19.6 Å². The van der Waals surface area contributed by atoms with Crippen molar-refractivity contribution in [2.75, 3.05) is 46.3 Å². The quantitative estimate of drug-likeness (QED) is 0.467. The second-order valence-corrected chi connectivity index (χ2v) is 9.20. The van der Waals surface area contributed by atoms with Gasteiger partial charge in [-0.2, -0.15) is 0 Å². The van der Waals surface area contributed by atoms with Crippen LogP contribution >= 0.6 is 0 Å². The van der Waals surface area contributed by atoms with Crippen LogP contribution in [-0.4, -0.2) is 84.0 Å². The fraction of sp³-hybridized carbons (Fsp3) is 0.696. The lowest BCUT2D eigenvalue weighted by Crippen LogP contribution is -2.52. The van der Waals surface area contributed by atoms with E-state index in [9.17, 15) is 4.79 Å². The highest BCUT2D eigenvalue weighted by Crippen LogP contribution is 2.23. The number of nitrogens with two attached hydrogens (primary N) is 1. The monoisotopic (exact) mass is 399 g/mol. The van der Waals surface area contributed by atoms with E-state index in [0.717, 1.165) is 44.1 Å². The molecule has 4 rings (SSSR count). The van der Waals surface area contributed by atoms with E-state index < -0.39 is 0 Å². The van der Waals surface area contributed by atoms with Crippen LogP contribution in [0.1, 0.15) is 54.4 Å². The second kappa shape index (κ2) is 9.56. The van der Waals surface area contributed by atoms with E-state index in [4.69, 9.17) is 5.84 Å². The molecule has 1 aromatic carbocycles.